The van der Waals surface area contributed by atoms with Crippen LogP contribution in [0.3, 0.4) is 0 Å². The van der Waals surface area contributed by atoms with Gasteiger partial charge in [-0.2, -0.15) is 0 Å². The van der Waals surface area contributed by atoms with Gasteiger partial charge >= 0.3 is 0 Å². The molecule has 5 nitrogen and oxygen atoms in total. The van der Waals surface area contributed by atoms with Crippen LogP contribution in [0, 0.1) is 0 Å². The SMILES string of the molecule is CC(C)N(C(=O)[C@@H](C)Sc1nnc(NC2CC2)s1)C(C)C. The van der Waals surface area contributed by atoms with Crippen molar-refractivity contribution in [1.82, 2.24) is 15.1 Å². The fourth-order valence-electron chi connectivity index (χ4n) is 2.23. The molecule has 0 spiro atoms. The summed E-state index contributed by atoms with van der Waals surface area (Å²) in [6, 6.07) is 0.997. The quantitative estimate of drug-likeness (QED) is 0.779. The minimum absolute atomic E-state index is 0.142. The number of rotatable bonds is 7. The summed E-state index contributed by atoms with van der Waals surface area (Å²) < 4.78 is 0.853. The lowest BCUT2D eigenvalue weighted by atomic mass is 10.2. The summed E-state index contributed by atoms with van der Waals surface area (Å²) in [5.74, 6) is 0.164. The smallest absolute Gasteiger partial charge is 0.236 e. The Morgan fingerprint density at radius 3 is 2.38 bits per heavy atom. The molecule has 1 heterocycles. The maximum atomic E-state index is 12.6. The van der Waals surface area contributed by atoms with Gasteiger partial charge in [-0.05, 0) is 47.5 Å². The molecule has 1 aromatic heterocycles. The van der Waals surface area contributed by atoms with Crippen LogP contribution in [0.15, 0.2) is 4.34 Å². The maximum Gasteiger partial charge on any atom is 0.236 e. The van der Waals surface area contributed by atoms with Crippen molar-refractivity contribution in [3.63, 3.8) is 0 Å². The topological polar surface area (TPSA) is 58.1 Å². The second-order valence-corrected chi connectivity index (χ2v) is 8.55. The molecule has 0 bridgehead atoms. The van der Waals surface area contributed by atoms with Crippen LogP contribution < -0.4 is 5.32 Å². The average Bonchev–Trinajstić information content (AvgIpc) is 3.08. The number of carbonyl (C=O) groups excluding carboxylic acids is 1. The van der Waals surface area contributed by atoms with E-state index in [-0.39, 0.29) is 23.2 Å². The van der Waals surface area contributed by atoms with Crippen molar-refractivity contribution in [2.45, 2.75) is 75.2 Å². The van der Waals surface area contributed by atoms with Gasteiger partial charge in [-0.1, -0.05) is 23.1 Å². The summed E-state index contributed by atoms with van der Waals surface area (Å²) in [4.78, 5) is 14.5. The van der Waals surface area contributed by atoms with Crippen LogP contribution in [0.4, 0.5) is 5.13 Å². The predicted octanol–water partition coefficient (Wildman–Crippen LogP) is 3.24. The number of nitrogens with zero attached hydrogens (tertiary/aromatic N) is 3. The van der Waals surface area contributed by atoms with Crippen LogP contribution in [0.2, 0.25) is 0 Å². The third-order valence-electron chi connectivity index (χ3n) is 3.30. The summed E-state index contributed by atoms with van der Waals surface area (Å²) in [5, 5.41) is 12.4. The second-order valence-electron chi connectivity index (χ2n) is 5.98. The minimum atomic E-state index is -0.142. The van der Waals surface area contributed by atoms with E-state index in [0.29, 0.717) is 6.04 Å². The van der Waals surface area contributed by atoms with Crippen molar-refractivity contribution >= 4 is 34.1 Å². The van der Waals surface area contributed by atoms with Crippen LogP contribution in [0.5, 0.6) is 0 Å². The molecule has 2 rings (SSSR count). The monoisotopic (exact) mass is 328 g/mol. The number of amides is 1. The average molecular weight is 329 g/mol. The van der Waals surface area contributed by atoms with Crippen molar-refractivity contribution in [2.24, 2.45) is 0 Å². The Balaban J connectivity index is 1.94. The Morgan fingerprint density at radius 2 is 1.86 bits per heavy atom. The van der Waals surface area contributed by atoms with E-state index in [4.69, 9.17) is 0 Å². The Labute approximate surface area is 134 Å². The third-order valence-corrected chi connectivity index (χ3v) is 5.33. The molecule has 0 radical (unpaired) electrons. The van der Waals surface area contributed by atoms with Gasteiger partial charge < -0.3 is 10.2 Å². The number of thioether (sulfide) groups is 1. The highest BCUT2D eigenvalue weighted by Gasteiger charge is 2.27. The van der Waals surface area contributed by atoms with Gasteiger partial charge in [0, 0.05) is 18.1 Å². The van der Waals surface area contributed by atoms with Gasteiger partial charge in [0.15, 0.2) is 4.34 Å². The molecule has 1 fully saturated rings. The minimum Gasteiger partial charge on any atom is -0.357 e. The zero-order valence-corrected chi connectivity index (χ0v) is 14.9. The van der Waals surface area contributed by atoms with Gasteiger partial charge in [-0.25, -0.2) is 0 Å². The molecule has 1 atom stereocenters. The molecule has 0 unspecified atom stereocenters. The van der Waals surface area contributed by atoms with Crippen molar-refractivity contribution in [3.8, 4) is 0 Å². The van der Waals surface area contributed by atoms with Gasteiger partial charge in [-0.3, -0.25) is 4.79 Å². The van der Waals surface area contributed by atoms with E-state index in [2.05, 4.69) is 43.2 Å². The number of hydrogen-bond donors (Lipinski definition) is 1. The number of aromatic nitrogens is 2. The lowest BCUT2D eigenvalue weighted by Gasteiger charge is -2.32. The first-order valence-electron chi connectivity index (χ1n) is 7.47. The Morgan fingerprint density at radius 1 is 1.24 bits per heavy atom. The molecule has 0 aliphatic heterocycles. The van der Waals surface area contributed by atoms with E-state index < -0.39 is 0 Å². The van der Waals surface area contributed by atoms with E-state index in [1.807, 2.05) is 11.8 Å². The molecular formula is C14H24N4OS2. The summed E-state index contributed by atoms with van der Waals surface area (Å²) in [5.41, 5.74) is 0. The van der Waals surface area contributed by atoms with Crippen LogP contribution >= 0.6 is 23.1 Å². The van der Waals surface area contributed by atoms with Crippen LogP contribution in [0.25, 0.3) is 0 Å². The zero-order valence-electron chi connectivity index (χ0n) is 13.3. The van der Waals surface area contributed by atoms with E-state index in [0.717, 1.165) is 9.47 Å². The first kappa shape index (κ1) is 16.5. The van der Waals surface area contributed by atoms with Gasteiger partial charge in [-0.15, -0.1) is 10.2 Å². The zero-order chi connectivity index (χ0) is 15.6. The fourth-order valence-corrected chi connectivity index (χ4v) is 4.26. The van der Waals surface area contributed by atoms with E-state index in [1.165, 1.54) is 35.9 Å². The summed E-state index contributed by atoms with van der Waals surface area (Å²) in [6.07, 6.45) is 2.43. The second kappa shape index (κ2) is 6.96. The van der Waals surface area contributed by atoms with Gasteiger partial charge in [0.2, 0.25) is 11.0 Å². The molecule has 1 amide bonds. The van der Waals surface area contributed by atoms with Crippen LogP contribution in [0.1, 0.15) is 47.5 Å². The molecule has 21 heavy (non-hydrogen) atoms. The summed E-state index contributed by atoms with van der Waals surface area (Å²) >= 11 is 3.03. The van der Waals surface area contributed by atoms with E-state index >= 15 is 0 Å². The van der Waals surface area contributed by atoms with Crippen LogP contribution in [-0.2, 0) is 4.79 Å². The van der Waals surface area contributed by atoms with Crippen molar-refractivity contribution in [1.29, 1.82) is 0 Å². The fraction of sp³-hybridized carbons (Fsp3) is 0.786. The highest BCUT2D eigenvalue weighted by atomic mass is 32.2. The lowest BCUT2D eigenvalue weighted by Crippen LogP contribution is -2.45. The standard InChI is InChI=1S/C14H24N4OS2/c1-8(2)18(9(3)4)12(19)10(5)20-14-17-16-13(21-14)15-11-6-7-11/h8-11H,6-7H2,1-5H3,(H,15,16)/t10-/m1/s1. The predicted molar refractivity (Wildman–Crippen MR) is 89.0 cm³/mol. The molecule has 1 aliphatic rings. The summed E-state index contributed by atoms with van der Waals surface area (Å²) in [6.45, 7) is 10.2. The molecule has 1 N–H and O–H groups in total. The Bertz CT molecular complexity index is 477. The Kier molecular flexibility index (Phi) is 5.48. The van der Waals surface area contributed by atoms with Crippen LogP contribution in [-0.4, -0.2) is 44.4 Å². The highest BCUT2D eigenvalue weighted by Crippen LogP contribution is 2.32. The van der Waals surface area contributed by atoms with Gasteiger partial charge in [0.25, 0.3) is 0 Å². The molecule has 1 aliphatic carbocycles. The van der Waals surface area contributed by atoms with Crippen molar-refractivity contribution in [3.05, 3.63) is 0 Å². The summed E-state index contributed by atoms with van der Waals surface area (Å²) in [7, 11) is 0. The maximum absolute atomic E-state index is 12.6. The number of anilines is 1. The van der Waals surface area contributed by atoms with Crippen molar-refractivity contribution < 1.29 is 4.79 Å². The van der Waals surface area contributed by atoms with Crippen molar-refractivity contribution in [2.75, 3.05) is 5.32 Å². The molecule has 0 saturated heterocycles. The largest absolute Gasteiger partial charge is 0.357 e. The normalized spacial score (nSPS) is 16.3. The van der Waals surface area contributed by atoms with Gasteiger partial charge in [0.05, 0.1) is 5.25 Å². The molecular weight excluding hydrogens is 304 g/mol. The number of nitrogens with one attached hydrogen (secondary N) is 1. The number of hydrogen-bond acceptors (Lipinski definition) is 6. The lowest BCUT2D eigenvalue weighted by molar-refractivity contribution is -0.133. The molecule has 7 heteroatoms. The first-order chi connectivity index (χ1) is 9.88. The first-order valence-corrected chi connectivity index (χ1v) is 9.17. The molecule has 0 aromatic carbocycles. The molecule has 118 valence electrons. The highest BCUT2D eigenvalue weighted by molar-refractivity contribution is 8.02. The molecule has 1 aromatic rings. The number of carbonyl (C=O) groups is 1. The van der Waals surface area contributed by atoms with E-state index in [1.54, 1.807) is 0 Å². The third kappa shape index (κ3) is 4.57. The molecule has 1 saturated carbocycles. The van der Waals surface area contributed by atoms with E-state index in [9.17, 15) is 4.79 Å². The van der Waals surface area contributed by atoms with Gasteiger partial charge in [0.1, 0.15) is 0 Å². The Hall–Kier alpha value is -0.820.